The number of hydrogen-bond acceptors (Lipinski definition) is 1. The van der Waals surface area contributed by atoms with E-state index in [9.17, 15) is 4.39 Å². The van der Waals surface area contributed by atoms with Crippen LogP contribution in [-0.2, 0) is 12.8 Å². The fourth-order valence-corrected chi connectivity index (χ4v) is 3.13. The molecule has 1 unspecified atom stereocenters. The van der Waals surface area contributed by atoms with Crippen LogP contribution in [-0.4, -0.2) is 6.54 Å². The number of benzene rings is 2. The van der Waals surface area contributed by atoms with Crippen LogP contribution in [0.4, 0.5) is 10.1 Å². The van der Waals surface area contributed by atoms with Crippen molar-refractivity contribution in [1.29, 1.82) is 0 Å². The highest BCUT2D eigenvalue weighted by Gasteiger charge is 2.21. The molecule has 0 amide bonds. The van der Waals surface area contributed by atoms with Gasteiger partial charge in [0.2, 0.25) is 0 Å². The second-order valence-electron chi connectivity index (χ2n) is 5.50. The first-order valence-electron chi connectivity index (χ1n) is 6.90. The largest absolute Gasteiger partial charge is 0.384 e. The molecule has 0 aromatic heterocycles. The predicted octanol–water partition coefficient (Wildman–Crippen LogP) is 4.61. The van der Waals surface area contributed by atoms with Crippen molar-refractivity contribution < 1.29 is 4.39 Å². The summed E-state index contributed by atoms with van der Waals surface area (Å²) in [6, 6.07) is 10.8. The van der Waals surface area contributed by atoms with Crippen LogP contribution in [0.2, 0.25) is 5.02 Å². The van der Waals surface area contributed by atoms with E-state index in [4.69, 9.17) is 11.6 Å². The number of hydrogen-bond donors (Lipinski definition) is 1. The zero-order valence-electron chi connectivity index (χ0n) is 11.4. The minimum atomic E-state index is -0.181. The van der Waals surface area contributed by atoms with E-state index in [1.165, 1.54) is 34.5 Å². The fourth-order valence-electron chi connectivity index (χ4n) is 2.89. The van der Waals surface area contributed by atoms with Crippen LogP contribution in [0.1, 0.15) is 16.7 Å². The van der Waals surface area contributed by atoms with E-state index in [0.29, 0.717) is 5.92 Å². The number of rotatable bonds is 2. The van der Waals surface area contributed by atoms with E-state index in [1.807, 2.05) is 18.2 Å². The summed E-state index contributed by atoms with van der Waals surface area (Å²) in [4.78, 5) is 0. The molecule has 1 heterocycles. The number of anilines is 1. The van der Waals surface area contributed by atoms with Crippen molar-refractivity contribution in [3.63, 3.8) is 0 Å². The standard InChI is InChI=1S/C17H17ClFN/c1-11-2-7-16(18)15-9-13(10-20-17(11)15)8-12-3-5-14(19)6-4-12/h2-7,13,20H,8-10H2,1H3. The van der Waals surface area contributed by atoms with Crippen molar-refractivity contribution >= 4 is 17.3 Å². The van der Waals surface area contributed by atoms with E-state index < -0.39 is 0 Å². The monoisotopic (exact) mass is 289 g/mol. The van der Waals surface area contributed by atoms with Crippen LogP contribution in [0.15, 0.2) is 36.4 Å². The summed E-state index contributed by atoms with van der Waals surface area (Å²) in [6.07, 6.45) is 1.91. The molecule has 1 aliphatic rings. The highest BCUT2D eigenvalue weighted by Crippen LogP contribution is 2.34. The zero-order valence-corrected chi connectivity index (χ0v) is 12.2. The molecular formula is C17H17ClFN. The minimum absolute atomic E-state index is 0.181. The average molecular weight is 290 g/mol. The predicted molar refractivity (Wildman–Crippen MR) is 82.0 cm³/mol. The van der Waals surface area contributed by atoms with Crippen LogP contribution in [0.25, 0.3) is 0 Å². The number of aryl methyl sites for hydroxylation is 1. The summed E-state index contributed by atoms with van der Waals surface area (Å²) >= 11 is 6.31. The lowest BCUT2D eigenvalue weighted by atomic mass is 9.88. The molecule has 1 atom stereocenters. The topological polar surface area (TPSA) is 12.0 Å². The summed E-state index contributed by atoms with van der Waals surface area (Å²) < 4.78 is 12.9. The third kappa shape index (κ3) is 2.66. The molecular weight excluding hydrogens is 273 g/mol. The highest BCUT2D eigenvalue weighted by molar-refractivity contribution is 6.31. The lowest BCUT2D eigenvalue weighted by molar-refractivity contribution is 0.534. The van der Waals surface area contributed by atoms with Crippen LogP contribution < -0.4 is 5.32 Å². The molecule has 20 heavy (non-hydrogen) atoms. The fraction of sp³-hybridized carbons (Fsp3) is 0.294. The van der Waals surface area contributed by atoms with Gasteiger partial charge in [0.15, 0.2) is 0 Å². The van der Waals surface area contributed by atoms with Gasteiger partial charge in [-0.05, 0) is 60.6 Å². The van der Waals surface area contributed by atoms with Gasteiger partial charge >= 0.3 is 0 Å². The third-order valence-corrected chi connectivity index (χ3v) is 4.32. The Hall–Kier alpha value is -1.54. The maximum absolute atomic E-state index is 12.9. The van der Waals surface area contributed by atoms with Gasteiger partial charge in [0.25, 0.3) is 0 Å². The van der Waals surface area contributed by atoms with Gasteiger partial charge in [-0.25, -0.2) is 4.39 Å². The molecule has 3 heteroatoms. The summed E-state index contributed by atoms with van der Waals surface area (Å²) in [5, 5.41) is 4.33. The van der Waals surface area contributed by atoms with Gasteiger partial charge < -0.3 is 5.32 Å². The van der Waals surface area contributed by atoms with Crippen LogP contribution in [0.3, 0.4) is 0 Å². The van der Waals surface area contributed by atoms with Crippen LogP contribution in [0, 0.1) is 18.7 Å². The van der Waals surface area contributed by atoms with E-state index in [-0.39, 0.29) is 5.82 Å². The Morgan fingerprint density at radius 2 is 1.95 bits per heavy atom. The molecule has 1 N–H and O–H groups in total. The molecule has 3 rings (SSSR count). The third-order valence-electron chi connectivity index (χ3n) is 3.96. The summed E-state index contributed by atoms with van der Waals surface area (Å²) in [6.45, 7) is 3.04. The number of fused-ring (bicyclic) bond motifs is 1. The zero-order chi connectivity index (χ0) is 14.1. The van der Waals surface area contributed by atoms with Gasteiger partial charge in [-0.2, -0.15) is 0 Å². The second kappa shape index (κ2) is 5.45. The lowest BCUT2D eigenvalue weighted by Gasteiger charge is -2.28. The highest BCUT2D eigenvalue weighted by atomic mass is 35.5. The Morgan fingerprint density at radius 1 is 1.20 bits per heavy atom. The van der Waals surface area contributed by atoms with E-state index in [0.717, 1.165) is 24.4 Å². The van der Waals surface area contributed by atoms with E-state index in [1.54, 1.807) is 0 Å². The first kappa shape index (κ1) is 13.4. The Balaban J connectivity index is 1.78. The van der Waals surface area contributed by atoms with Gasteiger partial charge in [-0.3, -0.25) is 0 Å². The number of halogens is 2. The molecule has 0 fully saturated rings. The maximum Gasteiger partial charge on any atom is 0.123 e. The van der Waals surface area contributed by atoms with Crippen molar-refractivity contribution in [3.8, 4) is 0 Å². The molecule has 2 aromatic carbocycles. The van der Waals surface area contributed by atoms with Crippen molar-refractivity contribution in [2.75, 3.05) is 11.9 Å². The smallest absolute Gasteiger partial charge is 0.123 e. The quantitative estimate of drug-likeness (QED) is 0.851. The summed E-state index contributed by atoms with van der Waals surface area (Å²) in [5.74, 6) is 0.312. The van der Waals surface area contributed by atoms with Gasteiger partial charge in [0, 0.05) is 17.3 Å². The molecule has 0 radical (unpaired) electrons. The summed E-state index contributed by atoms with van der Waals surface area (Å²) in [7, 11) is 0. The Labute approximate surface area is 123 Å². The van der Waals surface area contributed by atoms with E-state index >= 15 is 0 Å². The van der Waals surface area contributed by atoms with Crippen LogP contribution in [0.5, 0.6) is 0 Å². The average Bonchev–Trinajstić information content (AvgIpc) is 2.46. The molecule has 0 aliphatic carbocycles. The van der Waals surface area contributed by atoms with Crippen molar-refractivity contribution in [1.82, 2.24) is 0 Å². The molecule has 0 saturated carbocycles. The lowest BCUT2D eigenvalue weighted by Crippen LogP contribution is -2.25. The summed E-state index contributed by atoms with van der Waals surface area (Å²) in [5.41, 5.74) is 4.81. The van der Waals surface area contributed by atoms with Crippen molar-refractivity contribution in [3.05, 3.63) is 63.9 Å². The van der Waals surface area contributed by atoms with E-state index in [2.05, 4.69) is 18.3 Å². The molecule has 2 aromatic rings. The van der Waals surface area contributed by atoms with Gasteiger partial charge in [-0.1, -0.05) is 29.8 Å². The Bertz CT molecular complexity index is 622. The van der Waals surface area contributed by atoms with Gasteiger partial charge in [-0.15, -0.1) is 0 Å². The first-order chi connectivity index (χ1) is 9.63. The molecule has 0 bridgehead atoms. The Kier molecular flexibility index (Phi) is 3.66. The SMILES string of the molecule is Cc1ccc(Cl)c2c1NCC(Cc1ccc(F)cc1)C2. The molecule has 0 spiro atoms. The molecule has 104 valence electrons. The van der Waals surface area contributed by atoms with Gasteiger partial charge in [0.1, 0.15) is 5.82 Å². The molecule has 1 nitrogen and oxygen atoms in total. The molecule has 0 saturated heterocycles. The molecule has 1 aliphatic heterocycles. The normalized spacial score (nSPS) is 17.4. The maximum atomic E-state index is 12.9. The van der Waals surface area contributed by atoms with Crippen molar-refractivity contribution in [2.24, 2.45) is 5.92 Å². The Morgan fingerprint density at radius 3 is 2.70 bits per heavy atom. The van der Waals surface area contributed by atoms with Crippen LogP contribution >= 0.6 is 11.6 Å². The second-order valence-corrected chi connectivity index (χ2v) is 5.91. The van der Waals surface area contributed by atoms with Crippen molar-refractivity contribution in [2.45, 2.75) is 19.8 Å². The number of nitrogens with one attached hydrogen (secondary N) is 1. The van der Waals surface area contributed by atoms with Gasteiger partial charge in [0.05, 0.1) is 0 Å². The minimum Gasteiger partial charge on any atom is -0.384 e. The first-order valence-corrected chi connectivity index (χ1v) is 7.27.